The molecule has 0 aliphatic carbocycles. The van der Waals surface area contributed by atoms with E-state index >= 15 is 0 Å². The maximum Gasteiger partial charge on any atom is 0.190 e. The van der Waals surface area contributed by atoms with Crippen LogP contribution in [0.1, 0.15) is 17.8 Å². The number of aliphatic imine (C=N–C) groups is 1. The number of nitrogens with one attached hydrogen (secondary N) is 2. The van der Waals surface area contributed by atoms with Crippen molar-refractivity contribution in [2.24, 2.45) is 4.99 Å². The number of benzene rings is 2. The number of aryl methyl sites for hydroxylation is 2. The largest absolute Gasteiger partial charge is 0.356 e. The SMILES string of the molecule is CN=C(NCCCn1c(C)nc2ccccc21)NCCc1cccc(F)c1F. The minimum atomic E-state index is -0.817. The molecule has 28 heavy (non-hydrogen) atoms. The first kappa shape index (κ1) is 19.8. The van der Waals surface area contributed by atoms with Crippen molar-refractivity contribution in [1.29, 1.82) is 0 Å². The van der Waals surface area contributed by atoms with Crippen molar-refractivity contribution in [3.63, 3.8) is 0 Å². The van der Waals surface area contributed by atoms with Crippen LogP contribution in [0.5, 0.6) is 0 Å². The first-order chi connectivity index (χ1) is 13.6. The molecule has 2 N–H and O–H groups in total. The molecule has 148 valence electrons. The Labute approximate surface area is 163 Å². The Kier molecular flexibility index (Phi) is 6.57. The van der Waals surface area contributed by atoms with Gasteiger partial charge in [-0.25, -0.2) is 13.8 Å². The van der Waals surface area contributed by atoms with Crippen LogP contribution >= 0.6 is 0 Å². The molecule has 0 spiro atoms. The van der Waals surface area contributed by atoms with E-state index < -0.39 is 11.6 Å². The van der Waals surface area contributed by atoms with Crippen LogP contribution in [0.4, 0.5) is 8.78 Å². The van der Waals surface area contributed by atoms with Gasteiger partial charge < -0.3 is 15.2 Å². The Hall–Kier alpha value is -2.96. The number of guanidine groups is 1. The summed E-state index contributed by atoms with van der Waals surface area (Å²) in [5.41, 5.74) is 2.50. The average Bonchev–Trinajstić information content (AvgIpc) is 3.02. The van der Waals surface area contributed by atoms with E-state index in [2.05, 4.69) is 31.2 Å². The van der Waals surface area contributed by atoms with Crippen LogP contribution < -0.4 is 10.6 Å². The lowest BCUT2D eigenvalue weighted by atomic mass is 10.1. The van der Waals surface area contributed by atoms with Crippen molar-refractivity contribution in [3.8, 4) is 0 Å². The molecular formula is C21H25F2N5. The number of hydrogen-bond acceptors (Lipinski definition) is 2. The zero-order chi connectivity index (χ0) is 19.9. The first-order valence-electron chi connectivity index (χ1n) is 9.39. The smallest absolute Gasteiger partial charge is 0.190 e. The van der Waals surface area contributed by atoms with Crippen LogP contribution in [0.3, 0.4) is 0 Å². The van der Waals surface area contributed by atoms with Crippen molar-refractivity contribution in [2.45, 2.75) is 26.3 Å². The maximum atomic E-state index is 13.7. The van der Waals surface area contributed by atoms with Crippen molar-refractivity contribution < 1.29 is 8.78 Å². The molecule has 1 heterocycles. The monoisotopic (exact) mass is 385 g/mol. The molecule has 0 unspecified atom stereocenters. The molecule has 0 amide bonds. The van der Waals surface area contributed by atoms with Gasteiger partial charge in [0.05, 0.1) is 11.0 Å². The molecule has 2 aromatic carbocycles. The summed E-state index contributed by atoms with van der Waals surface area (Å²) < 4.78 is 29.1. The van der Waals surface area contributed by atoms with E-state index in [9.17, 15) is 8.78 Å². The predicted octanol–water partition coefficient (Wildman–Crippen LogP) is 3.42. The van der Waals surface area contributed by atoms with Gasteiger partial charge in [0.1, 0.15) is 5.82 Å². The van der Waals surface area contributed by atoms with Gasteiger partial charge in [0.15, 0.2) is 17.6 Å². The number of hydrogen-bond donors (Lipinski definition) is 2. The molecule has 0 radical (unpaired) electrons. The molecule has 7 heteroatoms. The van der Waals surface area contributed by atoms with Crippen LogP contribution in [0.15, 0.2) is 47.5 Å². The molecule has 0 bridgehead atoms. The van der Waals surface area contributed by atoms with Crippen LogP contribution in [-0.2, 0) is 13.0 Å². The summed E-state index contributed by atoms with van der Waals surface area (Å²) in [6, 6.07) is 12.3. The van der Waals surface area contributed by atoms with Gasteiger partial charge in [-0.3, -0.25) is 4.99 Å². The van der Waals surface area contributed by atoms with Gasteiger partial charge in [0.25, 0.3) is 0 Å². The third kappa shape index (κ3) is 4.65. The zero-order valence-electron chi connectivity index (χ0n) is 16.2. The average molecular weight is 385 g/mol. The number of nitrogens with zero attached hydrogens (tertiary/aromatic N) is 3. The highest BCUT2D eigenvalue weighted by atomic mass is 19.2. The topological polar surface area (TPSA) is 54.2 Å². The third-order valence-corrected chi connectivity index (χ3v) is 4.64. The molecule has 5 nitrogen and oxygen atoms in total. The van der Waals surface area contributed by atoms with Crippen molar-refractivity contribution >= 4 is 17.0 Å². The molecular weight excluding hydrogens is 360 g/mol. The highest BCUT2D eigenvalue weighted by Crippen LogP contribution is 2.15. The Bertz CT molecular complexity index is 965. The molecule has 0 saturated heterocycles. The van der Waals surface area contributed by atoms with Gasteiger partial charge >= 0.3 is 0 Å². The summed E-state index contributed by atoms with van der Waals surface area (Å²) in [7, 11) is 1.69. The summed E-state index contributed by atoms with van der Waals surface area (Å²) in [5.74, 6) is 0.0438. The Morgan fingerprint density at radius 1 is 1.07 bits per heavy atom. The van der Waals surface area contributed by atoms with E-state index in [1.807, 2.05) is 25.1 Å². The maximum absolute atomic E-state index is 13.7. The van der Waals surface area contributed by atoms with Gasteiger partial charge in [0.2, 0.25) is 0 Å². The fourth-order valence-electron chi connectivity index (χ4n) is 3.20. The Morgan fingerprint density at radius 3 is 2.68 bits per heavy atom. The summed E-state index contributed by atoms with van der Waals surface area (Å²) in [5, 5.41) is 6.38. The van der Waals surface area contributed by atoms with Crippen LogP contribution in [0, 0.1) is 18.6 Å². The summed E-state index contributed by atoms with van der Waals surface area (Å²) >= 11 is 0. The molecule has 0 saturated carbocycles. The molecule has 0 atom stereocenters. The highest BCUT2D eigenvalue weighted by molar-refractivity contribution is 5.79. The van der Waals surface area contributed by atoms with Crippen molar-refractivity contribution in [3.05, 3.63) is 65.5 Å². The lowest BCUT2D eigenvalue weighted by Crippen LogP contribution is -2.39. The molecule has 0 aliphatic rings. The lowest BCUT2D eigenvalue weighted by molar-refractivity contribution is 0.498. The second-order valence-electron chi connectivity index (χ2n) is 6.54. The van der Waals surface area contributed by atoms with Crippen LogP contribution in [0.2, 0.25) is 0 Å². The van der Waals surface area contributed by atoms with Gasteiger partial charge in [-0.05, 0) is 43.5 Å². The van der Waals surface area contributed by atoms with Gasteiger partial charge in [-0.2, -0.15) is 0 Å². The zero-order valence-corrected chi connectivity index (χ0v) is 16.2. The Morgan fingerprint density at radius 2 is 1.86 bits per heavy atom. The number of halogens is 2. The van der Waals surface area contributed by atoms with E-state index in [-0.39, 0.29) is 0 Å². The third-order valence-electron chi connectivity index (χ3n) is 4.64. The summed E-state index contributed by atoms with van der Waals surface area (Å²) in [6.45, 7) is 4.07. The van der Waals surface area contributed by atoms with Crippen molar-refractivity contribution in [1.82, 2.24) is 20.2 Å². The van der Waals surface area contributed by atoms with Gasteiger partial charge in [-0.15, -0.1) is 0 Å². The van der Waals surface area contributed by atoms with E-state index in [0.29, 0.717) is 24.5 Å². The second-order valence-corrected chi connectivity index (χ2v) is 6.54. The number of aromatic nitrogens is 2. The summed E-state index contributed by atoms with van der Waals surface area (Å²) in [6.07, 6.45) is 1.28. The van der Waals surface area contributed by atoms with Crippen molar-refractivity contribution in [2.75, 3.05) is 20.1 Å². The van der Waals surface area contributed by atoms with E-state index in [0.717, 1.165) is 42.4 Å². The number of fused-ring (bicyclic) bond motifs is 1. The molecule has 0 fully saturated rings. The number of para-hydroxylation sites is 2. The summed E-state index contributed by atoms with van der Waals surface area (Å²) in [4.78, 5) is 8.74. The second kappa shape index (κ2) is 9.30. The number of rotatable bonds is 7. The molecule has 3 aromatic rings. The quantitative estimate of drug-likeness (QED) is 0.372. The normalized spacial score (nSPS) is 11.8. The lowest BCUT2D eigenvalue weighted by Gasteiger charge is -2.13. The molecule has 0 aliphatic heterocycles. The van der Waals surface area contributed by atoms with Gasteiger partial charge in [0, 0.05) is 26.7 Å². The van der Waals surface area contributed by atoms with Crippen LogP contribution in [0.25, 0.3) is 11.0 Å². The van der Waals surface area contributed by atoms with E-state index in [1.165, 1.54) is 6.07 Å². The first-order valence-corrected chi connectivity index (χ1v) is 9.39. The minimum Gasteiger partial charge on any atom is -0.356 e. The fourth-order valence-corrected chi connectivity index (χ4v) is 3.20. The van der Waals surface area contributed by atoms with E-state index in [4.69, 9.17) is 0 Å². The van der Waals surface area contributed by atoms with E-state index in [1.54, 1.807) is 13.1 Å². The number of imidazole rings is 1. The van der Waals surface area contributed by atoms with Gasteiger partial charge in [-0.1, -0.05) is 24.3 Å². The molecule has 1 aromatic heterocycles. The highest BCUT2D eigenvalue weighted by Gasteiger charge is 2.08. The minimum absolute atomic E-state index is 0.352. The predicted molar refractivity (Wildman–Crippen MR) is 109 cm³/mol. The standard InChI is InChI=1S/C21H25F2N5/c1-15-27-18-9-3-4-10-19(18)28(15)14-6-12-25-21(24-2)26-13-11-16-7-5-8-17(22)20(16)23/h3-5,7-10H,6,11-14H2,1-2H3,(H2,24,25,26). The Balaban J connectivity index is 1.44. The molecule has 3 rings (SSSR count). The van der Waals surface area contributed by atoms with Crippen LogP contribution in [-0.4, -0.2) is 35.6 Å². The fraction of sp³-hybridized carbons (Fsp3) is 0.333.